The quantitative estimate of drug-likeness (QED) is 0.0883. The first-order valence-corrected chi connectivity index (χ1v) is 19.5. The monoisotopic (exact) mass is 772 g/mol. The first-order valence-electron chi connectivity index (χ1n) is 19.5. The molecule has 13 nitrogen and oxygen atoms in total. The number of benzene rings is 4. The van der Waals surface area contributed by atoms with Crippen molar-refractivity contribution in [1.82, 2.24) is 36.4 Å². The first kappa shape index (κ1) is 40.6. The summed E-state index contributed by atoms with van der Waals surface area (Å²) in [5.74, 6) is -2.23. The van der Waals surface area contributed by atoms with E-state index in [0.29, 0.717) is 43.9 Å². The van der Waals surface area contributed by atoms with Gasteiger partial charge in [0.1, 0.15) is 12.1 Å². The Morgan fingerprint density at radius 2 is 1.46 bits per heavy atom. The number of H-pyrrole nitrogens is 1. The molecule has 4 aromatic carbocycles. The van der Waals surface area contributed by atoms with Crippen molar-refractivity contribution in [2.45, 2.75) is 64.3 Å². The molecule has 0 spiro atoms. The van der Waals surface area contributed by atoms with Crippen molar-refractivity contribution in [2.75, 3.05) is 31.1 Å². The number of carbonyl (C=O) groups is 4. The molecule has 4 atom stereocenters. The van der Waals surface area contributed by atoms with Gasteiger partial charge in [0.2, 0.25) is 11.8 Å². The summed E-state index contributed by atoms with van der Waals surface area (Å²) in [4.78, 5) is 64.8. The number of hydrogen-bond acceptors (Lipinski definition) is 8. The van der Waals surface area contributed by atoms with E-state index >= 15 is 0 Å². The maximum Gasteiger partial charge on any atom is 0.265 e. The topological polar surface area (TPSA) is 172 Å². The third-order valence-corrected chi connectivity index (χ3v) is 10.2. The van der Waals surface area contributed by atoms with Gasteiger partial charge >= 0.3 is 0 Å². The average molecular weight is 773 g/mol. The predicted octanol–water partition coefficient (Wildman–Crippen LogP) is 3.69. The fourth-order valence-corrected chi connectivity index (χ4v) is 7.19. The molecular weight excluding hydrogens is 721 g/mol. The molecule has 13 heteroatoms. The highest BCUT2D eigenvalue weighted by molar-refractivity contribution is 5.99. The van der Waals surface area contributed by atoms with Gasteiger partial charge < -0.3 is 30.9 Å². The van der Waals surface area contributed by atoms with Crippen LogP contribution in [0.4, 0.5) is 5.69 Å². The number of aliphatic hydroxyl groups excluding tert-OH is 1. The molecule has 1 aromatic heterocycles. The van der Waals surface area contributed by atoms with Gasteiger partial charge in [-0.05, 0) is 65.4 Å². The number of aliphatic hydroxyl groups is 1. The van der Waals surface area contributed by atoms with E-state index in [1.165, 1.54) is 11.9 Å². The standard InChI is InChI=1S/C44H52N8O5/c1-29(2)23-37(40(53)44(57)50-52-21-19-51(20-22-52)35-17-9-11-30(3)24-35)47-43(56)39(26-34-27-45-28-46-34)49-42(55)38(48-41(54)32-13-5-4-6-14-32)25-33-16-10-15-31-12-7-8-18-36(31)33/h4-18,24,27-29,37-40,53H,19-23,25-26H2,1-3H3,(H,45,46)(H,47,56)(H,48,54)(H,49,55)(H,50,57)/t37-,38-,39+,40-/m0/s1. The van der Waals surface area contributed by atoms with Gasteiger partial charge in [0.05, 0.1) is 12.4 Å². The zero-order valence-electron chi connectivity index (χ0n) is 32.7. The maximum absolute atomic E-state index is 14.3. The third-order valence-electron chi connectivity index (χ3n) is 10.2. The van der Waals surface area contributed by atoms with Crippen molar-refractivity contribution < 1.29 is 24.3 Å². The van der Waals surface area contributed by atoms with Crippen LogP contribution >= 0.6 is 0 Å². The summed E-state index contributed by atoms with van der Waals surface area (Å²) in [6.45, 7) is 8.40. The summed E-state index contributed by atoms with van der Waals surface area (Å²) in [5.41, 5.74) is 6.96. The number of carbonyl (C=O) groups excluding carboxylic acids is 4. The summed E-state index contributed by atoms with van der Waals surface area (Å²) in [6.07, 6.45) is 1.95. The molecule has 1 saturated heterocycles. The summed E-state index contributed by atoms with van der Waals surface area (Å²) >= 11 is 0. The van der Waals surface area contributed by atoms with Gasteiger partial charge in [-0.2, -0.15) is 0 Å². The Hall–Kier alpha value is -6.05. The summed E-state index contributed by atoms with van der Waals surface area (Å²) in [6, 6.07) is 27.3. The van der Waals surface area contributed by atoms with E-state index in [1.54, 1.807) is 41.5 Å². The van der Waals surface area contributed by atoms with Crippen LogP contribution in [0, 0.1) is 12.8 Å². The molecule has 5 aromatic rings. The number of hydrazine groups is 1. The minimum atomic E-state index is -1.57. The van der Waals surface area contributed by atoms with Crippen molar-refractivity contribution in [1.29, 1.82) is 0 Å². The molecule has 298 valence electrons. The van der Waals surface area contributed by atoms with Crippen LogP contribution in [0.3, 0.4) is 0 Å². The van der Waals surface area contributed by atoms with Gasteiger partial charge in [-0.1, -0.05) is 86.6 Å². The average Bonchev–Trinajstić information content (AvgIpc) is 3.73. The number of hydrogen-bond donors (Lipinski definition) is 6. The highest BCUT2D eigenvalue weighted by atomic mass is 16.3. The van der Waals surface area contributed by atoms with E-state index in [9.17, 15) is 24.3 Å². The second-order valence-corrected chi connectivity index (χ2v) is 15.1. The van der Waals surface area contributed by atoms with Crippen LogP contribution in [0.15, 0.2) is 110 Å². The van der Waals surface area contributed by atoms with Crippen molar-refractivity contribution in [3.8, 4) is 0 Å². The number of aryl methyl sites for hydroxylation is 1. The van der Waals surface area contributed by atoms with Crippen molar-refractivity contribution in [2.24, 2.45) is 5.92 Å². The fraction of sp³-hybridized carbons (Fsp3) is 0.341. The van der Waals surface area contributed by atoms with Crippen LogP contribution in [0.25, 0.3) is 10.8 Å². The van der Waals surface area contributed by atoms with Gasteiger partial charge in [0.25, 0.3) is 11.8 Å². The number of nitrogens with zero attached hydrogens (tertiary/aromatic N) is 3. The number of imidazole rings is 1. The zero-order valence-corrected chi connectivity index (χ0v) is 32.7. The van der Waals surface area contributed by atoms with E-state index in [2.05, 4.69) is 61.4 Å². The van der Waals surface area contributed by atoms with Gasteiger partial charge in [-0.15, -0.1) is 0 Å². The smallest absolute Gasteiger partial charge is 0.265 e. The third kappa shape index (κ3) is 11.0. The Labute approximate surface area is 333 Å². The Morgan fingerprint density at radius 1 is 0.772 bits per heavy atom. The van der Waals surface area contributed by atoms with Crippen LogP contribution < -0.4 is 26.3 Å². The van der Waals surface area contributed by atoms with Crippen molar-refractivity contribution >= 4 is 40.1 Å². The molecule has 0 radical (unpaired) electrons. The number of aromatic nitrogens is 2. The second-order valence-electron chi connectivity index (χ2n) is 15.1. The van der Waals surface area contributed by atoms with Crippen LogP contribution in [0.1, 0.15) is 47.4 Å². The lowest BCUT2D eigenvalue weighted by Crippen LogP contribution is -2.61. The van der Waals surface area contributed by atoms with Gasteiger partial charge in [-0.25, -0.2) is 9.99 Å². The number of aromatic amines is 1. The molecule has 6 N–H and O–H groups in total. The Bertz CT molecular complexity index is 2110. The van der Waals surface area contributed by atoms with Gasteiger partial charge in [0, 0.05) is 62.2 Å². The Kier molecular flexibility index (Phi) is 13.7. The van der Waals surface area contributed by atoms with E-state index in [4.69, 9.17) is 0 Å². The largest absolute Gasteiger partial charge is 0.381 e. The minimum Gasteiger partial charge on any atom is -0.381 e. The van der Waals surface area contributed by atoms with Gasteiger partial charge in [-0.3, -0.25) is 24.6 Å². The van der Waals surface area contributed by atoms with E-state index in [-0.39, 0.29) is 18.8 Å². The number of piperazine rings is 1. The van der Waals surface area contributed by atoms with Crippen molar-refractivity contribution in [3.63, 3.8) is 0 Å². The van der Waals surface area contributed by atoms with Gasteiger partial charge in [0.15, 0.2) is 6.10 Å². The molecule has 57 heavy (non-hydrogen) atoms. The Morgan fingerprint density at radius 3 is 2.18 bits per heavy atom. The lowest BCUT2D eigenvalue weighted by molar-refractivity contribution is -0.138. The van der Waals surface area contributed by atoms with Crippen LogP contribution in [0.5, 0.6) is 0 Å². The lowest BCUT2D eigenvalue weighted by atomic mass is 9.97. The summed E-state index contributed by atoms with van der Waals surface area (Å²) < 4.78 is 0. The number of anilines is 1. The first-order chi connectivity index (χ1) is 27.5. The molecule has 1 aliphatic rings. The Balaban J connectivity index is 1.17. The maximum atomic E-state index is 14.3. The molecule has 1 aliphatic heterocycles. The van der Waals surface area contributed by atoms with E-state index in [1.807, 2.05) is 62.4 Å². The molecule has 0 saturated carbocycles. The normalized spacial score (nSPS) is 15.4. The molecule has 1 fully saturated rings. The highest BCUT2D eigenvalue weighted by Gasteiger charge is 2.34. The number of amides is 4. The number of nitrogens with one attached hydrogen (secondary N) is 5. The van der Waals surface area contributed by atoms with Crippen LogP contribution in [-0.2, 0) is 27.2 Å². The predicted molar refractivity (Wildman–Crippen MR) is 220 cm³/mol. The number of rotatable bonds is 16. The molecule has 0 bridgehead atoms. The molecule has 0 aliphatic carbocycles. The number of fused-ring (bicyclic) bond motifs is 1. The molecule has 6 rings (SSSR count). The summed E-state index contributed by atoms with van der Waals surface area (Å²) in [5, 5.41) is 23.8. The van der Waals surface area contributed by atoms with Crippen LogP contribution in [0.2, 0.25) is 0 Å². The van der Waals surface area contributed by atoms with E-state index < -0.39 is 47.9 Å². The van der Waals surface area contributed by atoms with Crippen molar-refractivity contribution in [3.05, 3.63) is 132 Å². The SMILES string of the molecule is Cc1cccc(N2CCN(NC(=O)[C@@H](O)[C@H](CC(C)C)NC(=O)[C@@H](Cc3cnc[nH]3)NC(=O)[C@H](Cc3cccc4ccccc34)NC(=O)c3ccccc3)CC2)c1. The zero-order chi connectivity index (χ0) is 40.3. The highest BCUT2D eigenvalue weighted by Crippen LogP contribution is 2.21. The minimum absolute atomic E-state index is 0.00884. The molecule has 4 amide bonds. The second kappa shape index (κ2) is 19.2. The molecule has 0 unspecified atom stereocenters. The molecule has 2 heterocycles. The van der Waals surface area contributed by atoms with E-state index in [0.717, 1.165) is 22.0 Å². The molecular formula is C44H52N8O5. The fourth-order valence-electron chi connectivity index (χ4n) is 7.19. The lowest BCUT2D eigenvalue weighted by Gasteiger charge is -2.37. The van der Waals surface area contributed by atoms with Crippen LogP contribution in [-0.4, -0.2) is 94.1 Å². The summed E-state index contributed by atoms with van der Waals surface area (Å²) in [7, 11) is 0.